The summed E-state index contributed by atoms with van der Waals surface area (Å²) >= 11 is 0. The third-order valence-corrected chi connectivity index (χ3v) is 3.27. The van der Waals surface area contributed by atoms with Gasteiger partial charge in [0.1, 0.15) is 5.92 Å². The van der Waals surface area contributed by atoms with Crippen LogP contribution in [0.2, 0.25) is 0 Å². The molecule has 0 aliphatic heterocycles. The van der Waals surface area contributed by atoms with Gasteiger partial charge in [0.05, 0.1) is 17.8 Å². The molecule has 3 unspecified atom stereocenters. The monoisotopic (exact) mass is 405 g/mol. The summed E-state index contributed by atoms with van der Waals surface area (Å²) < 4.78 is 92.6. The van der Waals surface area contributed by atoms with E-state index in [2.05, 4.69) is 4.98 Å². The molecule has 0 bridgehead atoms. The molecular formula is C13H14F7FeNO2. The molecule has 24 heavy (non-hydrogen) atoms. The minimum Gasteiger partial charge on any atom is -0.392 e. The summed E-state index contributed by atoms with van der Waals surface area (Å²) in [4.78, 5) is 2.19. The van der Waals surface area contributed by atoms with Crippen molar-refractivity contribution in [1.82, 2.24) is 4.98 Å². The molecule has 3 atom stereocenters. The molecule has 1 rings (SSSR count). The number of hydrogen-bond donors (Lipinski definition) is 2. The van der Waals surface area contributed by atoms with Gasteiger partial charge in [-0.15, -0.1) is 0 Å². The molecule has 3 nitrogen and oxygen atoms in total. The van der Waals surface area contributed by atoms with Gasteiger partial charge in [0.25, 0.3) is 11.9 Å². The quantitative estimate of drug-likeness (QED) is 0.462. The Kier molecular flexibility index (Phi) is 7.27. The van der Waals surface area contributed by atoms with Crippen LogP contribution in [-0.2, 0) is 17.1 Å². The number of aliphatic hydroxyl groups excluding tert-OH is 2. The van der Waals surface area contributed by atoms with E-state index in [-0.39, 0.29) is 17.1 Å². The number of aromatic nitrogens is 1. The SMILES string of the molecule is CC(C)(C)C(O)C(C(O)c1c(F)c(F)nc(F)c1F)C(F)(F)F.[Fe]. The molecule has 11 heteroatoms. The van der Waals surface area contributed by atoms with Crippen LogP contribution in [0.25, 0.3) is 0 Å². The van der Waals surface area contributed by atoms with Gasteiger partial charge in [0, 0.05) is 17.1 Å². The van der Waals surface area contributed by atoms with Crippen LogP contribution in [0.1, 0.15) is 32.4 Å². The minimum absolute atomic E-state index is 0. The summed E-state index contributed by atoms with van der Waals surface area (Å²) in [7, 11) is 0. The summed E-state index contributed by atoms with van der Waals surface area (Å²) in [6.45, 7) is 3.55. The van der Waals surface area contributed by atoms with E-state index in [1.807, 2.05) is 0 Å². The standard InChI is InChI=1S/C13H14F7NO2.Fe/c1-12(2,3)9(23)5(13(18,19)20)8(22)4-6(14)10(16)21-11(17)7(4)15;/h5,8-9,22-23H,1-3H3;. The van der Waals surface area contributed by atoms with Gasteiger partial charge in [0.2, 0.25) is 0 Å². The Hall–Kier alpha value is -0.901. The van der Waals surface area contributed by atoms with Crippen molar-refractivity contribution >= 4 is 0 Å². The van der Waals surface area contributed by atoms with Crippen molar-refractivity contribution in [2.45, 2.75) is 39.2 Å². The molecule has 1 heterocycles. The predicted molar refractivity (Wildman–Crippen MR) is 64.0 cm³/mol. The second kappa shape index (κ2) is 7.55. The van der Waals surface area contributed by atoms with Gasteiger partial charge in [0.15, 0.2) is 11.6 Å². The molecule has 0 aliphatic rings. The first-order valence-electron chi connectivity index (χ1n) is 6.32. The van der Waals surface area contributed by atoms with Crippen LogP contribution in [0.15, 0.2) is 0 Å². The zero-order valence-corrected chi connectivity index (χ0v) is 13.7. The molecule has 0 saturated carbocycles. The van der Waals surface area contributed by atoms with Crippen LogP contribution in [0.3, 0.4) is 0 Å². The van der Waals surface area contributed by atoms with Crippen LogP contribution in [0.5, 0.6) is 0 Å². The largest absolute Gasteiger partial charge is 0.397 e. The second-order valence-electron chi connectivity index (χ2n) is 6.06. The van der Waals surface area contributed by atoms with Gasteiger partial charge in [-0.2, -0.15) is 26.9 Å². The Balaban J connectivity index is 0.00000529. The van der Waals surface area contributed by atoms with E-state index in [1.165, 1.54) is 20.8 Å². The average molecular weight is 405 g/mol. The molecule has 1 aromatic heterocycles. The first kappa shape index (κ1) is 23.1. The molecule has 0 aromatic carbocycles. The summed E-state index contributed by atoms with van der Waals surface area (Å²) in [6.07, 6.45) is -10.7. The minimum atomic E-state index is -5.30. The fourth-order valence-electron chi connectivity index (χ4n) is 2.01. The molecule has 140 valence electrons. The maximum Gasteiger partial charge on any atom is 0.397 e. The number of rotatable bonds is 3. The molecule has 0 amide bonds. The van der Waals surface area contributed by atoms with Crippen molar-refractivity contribution in [2.24, 2.45) is 11.3 Å². The van der Waals surface area contributed by atoms with E-state index in [1.54, 1.807) is 0 Å². The first-order valence-corrected chi connectivity index (χ1v) is 6.32. The average Bonchev–Trinajstić information content (AvgIpc) is 2.34. The zero-order chi connectivity index (χ0) is 18.3. The van der Waals surface area contributed by atoms with Gasteiger partial charge in [-0.1, -0.05) is 20.8 Å². The van der Waals surface area contributed by atoms with Crippen LogP contribution < -0.4 is 0 Å². The summed E-state index contributed by atoms with van der Waals surface area (Å²) in [5.74, 6) is -12.0. The fraction of sp³-hybridized carbons (Fsp3) is 0.615. The van der Waals surface area contributed by atoms with Crippen LogP contribution in [0.4, 0.5) is 30.7 Å². The van der Waals surface area contributed by atoms with Crippen molar-refractivity contribution in [3.05, 3.63) is 29.1 Å². The maximum absolute atomic E-state index is 13.5. The van der Waals surface area contributed by atoms with Gasteiger partial charge < -0.3 is 10.2 Å². The van der Waals surface area contributed by atoms with E-state index in [0.717, 1.165) is 0 Å². The summed E-state index contributed by atoms with van der Waals surface area (Å²) in [5, 5.41) is 19.5. The maximum atomic E-state index is 13.5. The molecule has 2 N–H and O–H groups in total. The van der Waals surface area contributed by atoms with E-state index in [4.69, 9.17) is 0 Å². The Bertz CT molecular complexity index is 563. The number of nitrogens with zero attached hydrogens (tertiary/aromatic N) is 1. The van der Waals surface area contributed by atoms with E-state index in [9.17, 15) is 40.9 Å². The molecular weight excluding hydrogens is 391 g/mol. The van der Waals surface area contributed by atoms with E-state index >= 15 is 0 Å². The number of aliphatic hydroxyl groups is 2. The second-order valence-corrected chi connectivity index (χ2v) is 6.06. The van der Waals surface area contributed by atoms with Gasteiger partial charge in [-0.25, -0.2) is 8.78 Å². The Morgan fingerprint density at radius 1 is 0.875 bits per heavy atom. The van der Waals surface area contributed by atoms with Crippen molar-refractivity contribution in [2.75, 3.05) is 0 Å². The topological polar surface area (TPSA) is 53.4 Å². The molecule has 1 aromatic rings. The van der Waals surface area contributed by atoms with Gasteiger partial charge in [-0.05, 0) is 5.41 Å². The molecule has 0 spiro atoms. The number of pyridine rings is 1. The molecule has 0 radical (unpaired) electrons. The molecule has 0 saturated heterocycles. The fourth-order valence-corrected chi connectivity index (χ4v) is 2.01. The van der Waals surface area contributed by atoms with Crippen LogP contribution >= 0.6 is 0 Å². The number of halogens is 7. The summed E-state index contributed by atoms with van der Waals surface area (Å²) in [6, 6.07) is 0. The normalized spacial score (nSPS) is 16.3. The Morgan fingerprint density at radius 3 is 1.54 bits per heavy atom. The van der Waals surface area contributed by atoms with Crippen molar-refractivity contribution in [3.63, 3.8) is 0 Å². The summed E-state index contributed by atoms with van der Waals surface area (Å²) in [5.41, 5.74) is -3.32. The third kappa shape index (κ3) is 4.59. The van der Waals surface area contributed by atoms with Crippen molar-refractivity contribution in [1.29, 1.82) is 0 Å². The van der Waals surface area contributed by atoms with Crippen molar-refractivity contribution in [3.8, 4) is 0 Å². The van der Waals surface area contributed by atoms with E-state index in [0.29, 0.717) is 0 Å². The zero-order valence-electron chi connectivity index (χ0n) is 12.6. The van der Waals surface area contributed by atoms with E-state index < -0.39 is 58.8 Å². The van der Waals surface area contributed by atoms with Crippen LogP contribution in [0, 0.1) is 34.9 Å². The van der Waals surface area contributed by atoms with Crippen LogP contribution in [-0.4, -0.2) is 27.5 Å². The Morgan fingerprint density at radius 2 is 1.25 bits per heavy atom. The third-order valence-electron chi connectivity index (χ3n) is 3.27. The molecule has 0 aliphatic carbocycles. The number of alkyl halides is 3. The van der Waals surface area contributed by atoms with Gasteiger partial charge >= 0.3 is 6.18 Å². The molecule has 0 fully saturated rings. The first-order chi connectivity index (χ1) is 10.2. The Labute approximate surface area is 143 Å². The number of hydrogen-bond acceptors (Lipinski definition) is 3. The van der Waals surface area contributed by atoms with Gasteiger partial charge in [-0.3, -0.25) is 0 Å². The van der Waals surface area contributed by atoms with Crippen molar-refractivity contribution < 1.29 is 58.0 Å². The smallest absolute Gasteiger partial charge is 0.392 e. The predicted octanol–water partition coefficient (Wildman–Crippen LogP) is 3.25.